The van der Waals surface area contributed by atoms with Gasteiger partial charge in [0.15, 0.2) is 0 Å². The van der Waals surface area contributed by atoms with Gasteiger partial charge in [-0.1, -0.05) is 25.2 Å². The molecule has 1 N–H and O–H groups in total. The van der Waals surface area contributed by atoms with Crippen LogP contribution >= 0.6 is 11.3 Å². The molecule has 1 saturated heterocycles. The van der Waals surface area contributed by atoms with Gasteiger partial charge in [-0.3, -0.25) is 15.0 Å². The summed E-state index contributed by atoms with van der Waals surface area (Å²) in [5.74, 6) is 0.662. The summed E-state index contributed by atoms with van der Waals surface area (Å²) in [6, 6.07) is 3.92. The topological polar surface area (TPSA) is 58.4 Å². The normalized spacial score (nSPS) is 18.4. The van der Waals surface area contributed by atoms with Crippen LogP contribution in [-0.2, 0) is 0 Å². The molecule has 0 aromatic carbocycles. The fraction of sp³-hybridized carbons (Fsp3) is 0.714. The number of rotatable bonds is 6. The molecule has 0 spiro atoms. The average molecular weight is 297 g/mol. The van der Waals surface area contributed by atoms with Crippen molar-refractivity contribution >= 4 is 16.3 Å². The highest BCUT2D eigenvalue weighted by Crippen LogP contribution is 2.35. The van der Waals surface area contributed by atoms with Crippen LogP contribution < -0.4 is 5.32 Å². The predicted octanol–water partition coefficient (Wildman–Crippen LogP) is 3.04. The highest BCUT2D eigenvalue weighted by Gasteiger charge is 2.25. The minimum absolute atomic E-state index is 0.254. The average Bonchev–Trinajstić information content (AvgIpc) is 2.90. The standard InChI is InChI=1S/C14H23N3O2S/c1-11(2)3-4-12(16-9-7-15-8-10-16)13-5-6-14(20-13)17(18)19/h5-6,11-12,15H,3-4,7-10H2,1-2H3/t12-/m0/s1. The maximum Gasteiger partial charge on any atom is 0.324 e. The summed E-state index contributed by atoms with van der Waals surface area (Å²) in [4.78, 5) is 14.2. The Morgan fingerprint density at radius 2 is 2.05 bits per heavy atom. The zero-order valence-electron chi connectivity index (χ0n) is 12.2. The third-order valence-electron chi connectivity index (χ3n) is 3.73. The zero-order valence-corrected chi connectivity index (χ0v) is 13.0. The van der Waals surface area contributed by atoms with E-state index in [2.05, 4.69) is 24.1 Å². The number of hydrogen-bond donors (Lipinski definition) is 1. The lowest BCUT2D eigenvalue weighted by molar-refractivity contribution is -0.380. The summed E-state index contributed by atoms with van der Waals surface area (Å²) in [6.07, 6.45) is 2.23. The Hall–Kier alpha value is -0.980. The number of nitrogens with one attached hydrogen (secondary N) is 1. The van der Waals surface area contributed by atoms with E-state index in [4.69, 9.17) is 0 Å². The lowest BCUT2D eigenvalue weighted by Gasteiger charge is -2.34. The molecule has 0 radical (unpaired) electrons. The lowest BCUT2D eigenvalue weighted by Crippen LogP contribution is -2.45. The van der Waals surface area contributed by atoms with E-state index in [-0.39, 0.29) is 9.92 Å². The van der Waals surface area contributed by atoms with Crippen LogP contribution in [-0.4, -0.2) is 36.0 Å². The summed E-state index contributed by atoms with van der Waals surface area (Å²) in [5.41, 5.74) is 0. The second-order valence-corrected chi connectivity index (χ2v) is 6.80. The first-order valence-corrected chi connectivity index (χ1v) is 8.08. The van der Waals surface area contributed by atoms with Crippen molar-refractivity contribution in [3.63, 3.8) is 0 Å². The molecule has 0 aliphatic carbocycles. The monoisotopic (exact) mass is 297 g/mol. The Bertz CT molecular complexity index is 441. The first-order chi connectivity index (χ1) is 9.58. The highest BCUT2D eigenvalue weighted by molar-refractivity contribution is 7.15. The lowest BCUT2D eigenvalue weighted by atomic mass is 10.0. The van der Waals surface area contributed by atoms with E-state index in [1.807, 2.05) is 6.07 Å². The number of nitro groups is 1. The van der Waals surface area contributed by atoms with Crippen molar-refractivity contribution in [3.05, 3.63) is 27.1 Å². The van der Waals surface area contributed by atoms with E-state index in [9.17, 15) is 10.1 Å². The first-order valence-electron chi connectivity index (χ1n) is 7.27. The molecule has 5 nitrogen and oxygen atoms in total. The molecule has 1 aromatic heterocycles. The van der Waals surface area contributed by atoms with Crippen LogP contribution in [0.2, 0.25) is 0 Å². The number of thiophene rings is 1. The van der Waals surface area contributed by atoms with E-state index in [0.717, 1.165) is 43.9 Å². The third-order valence-corrected chi connectivity index (χ3v) is 4.87. The van der Waals surface area contributed by atoms with Crippen LogP contribution in [0, 0.1) is 16.0 Å². The van der Waals surface area contributed by atoms with Gasteiger partial charge in [-0.2, -0.15) is 0 Å². The quantitative estimate of drug-likeness (QED) is 0.647. The second-order valence-electron chi connectivity index (χ2n) is 5.71. The van der Waals surface area contributed by atoms with Crippen molar-refractivity contribution in [2.75, 3.05) is 26.2 Å². The summed E-state index contributed by atoms with van der Waals surface area (Å²) in [5, 5.41) is 14.5. The van der Waals surface area contributed by atoms with Crippen LogP contribution in [0.15, 0.2) is 12.1 Å². The molecule has 0 amide bonds. The van der Waals surface area contributed by atoms with E-state index >= 15 is 0 Å². The highest BCUT2D eigenvalue weighted by atomic mass is 32.1. The summed E-state index contributed by atoms with van der Waals surface area (Å²) in [6.45, 7) is 8.51. The maximum atomic E-state index is 10.9. The molecule has 1 aliphatic heterocycles. The summed E-state index contributed by atoms with van der Waals surface area (Å²) in [7, 11) is 0. The van der Waals surface area contributed by atoms with Crippen molar-refractivity contribution < 1.29 is 4.92 Å². The Morgan fingerprint density at radius 1 is 1.35 bits per heavy atom. The van der Waals surface area contributed by atoms with Crippen molar-refractivity contribution in [2.45, 2.75) is 32.7 Å². The van der Waals surface area contributed by atoms with Crippen LogP contribution in [0.4, 0.5) is 5.00 Å². The Kier molecular flexibility index (Phi) is 5.51. The minimum Gasteiger partial charge on any atom is -0.314 e. The van der Waals surface area contributed by atoms with Crippen LogP contribution in [0.1, 0.15) is 37.6 Å². The van der Waals surface area contributed by atoms with Gasteiger partial charge in [0.05, 0.1) is 4.92 Å². The van der Waals surface area contributed by atoms with Crippen molar-refractivity contribution in [3.8, 4) is 0 Å². The molecule has 112 valence electrons. The van der Waals surface area contributed by atoms with Gasteiger partial charge in [-0.05, 0) is 24.8 Å². The fourth-order valence-corrected chi connectivity index (χ4v) is 3.60. The Balaban J connectivity index is 2.12. The largest absolute Gasteiger partial charge is 0.324 e. The fourth-order valence-electron chi connectivity index (χ4n) is 2.61. The van der Waals surface area contributed by atoms with Crippen molar-refractivity contribution in [2.24, 2.45) is 5.92 Å². The maximum absolute atomic E-state index is 10.9. The Morgan fingerprint density at radius 3 is 2.60 bits per heavy atom. The molecule has 2 heterocycles. The van der Waals surface area contributed by atoms with Gasteiger partial charge in [0.25, 0.3) is 0 Å². The van der Waals surface area contributed by atoms with Gasteiger partial charge in [-0.25, -0.2) is 0 Å². The molecule has 1 aromatic rings. The zero-order chi connectivity index (χ0) is 14.5. The second kappa shape index (κ2) is 7.15. The third kappa shape index (κ3) is 4.01. The van der Waals surface area contributed by atoms with E-state index in [1.165, 1.54) is 11.3 Å². The predicted molar refractivity (Wildman–Crippen MR) is 82.2 cm³/mol. The van der Waals surface area contributed by atoms with Crippen molar-refractivity contribution in [1.82, 2.24) is 10.2 Å². The van der Waals surface area contributed by atoms with Gasteiger partial charge < -0.3 is 5.32 Å². The molecular formula is C14H23N3O2S. The van der Waals surface area contributed by atoms with Gasteiger partial charge in [0, 0.05) is 43.2 Å². The molecule has 1 aliphatic rings. The summed E-state index contributed by atoms with van der Waals surface area (Å²) >= 11 is 1.33. The molecular weight excluding hydrogens is 274 g/mol. The Labute approximate surface area is 124 Å². The SMILES string of the molecule is CC(C)CC[C@@H](c1ccc([N+](=O)[O-])s1)N1CCNCC1. The van der Waals surface area contributed by atoms with Gasteiger partial charge in [0.2, 0.25) is 0 Å². The smallest absolute Gasteiger partial charge is 0.314 e. The molecule has 1 fully saturated rings. The van der Waals surface area contributed by atoms with Crippen LogP contribution in [0.5, 0.6) is 0 Å². The first kappa shape index (κ1) is 15.4. The van der Waals surface area contributed by atoms with Crippen LogP contribution in [0.3, 0.4) is 0 Å². The molecule has 0 bridgehead atoms. The molecule has 1 atom stereocenters. The van der Waals surface area contributed by atoms with E-state index < -0.39 is 0 Å². The molecule has 0 saturated carbocycles. The van der Waals surface area contributed by atoms with Gasteiger partial charge in [0.1, 0.15) is 0 Å². The van der Waals surface area contributed by atoms with Crippen molar-refractivity contribution in [1.29, 1.82) is 0 Å². The number of hydrogen-bond acceptors (Lipinski definition) is 5. The molecule has 6 heteroatoms. The molecule has 20 heavy (non-hydrogen) atoms. The number of nitrogens with zero attached hydrogens (tertiary/aromatic N) is 2. The summed E-state index contributed by atoms with van der Waals surface area (Å²) < 4.78 is 0. The van der Waals surface area contributed by atoms with E-state index in [0.29, 0.717) is 12.0 Å². The van der Waals surface area contributed by atoms with Crippen LogP contribution in [0.25, 0.3) is 0 Å². The van der Waals surface area contributed by atoms with E-state index in [1.54, 1.807) is 6.07 Å². The number of piperazine rings is 1. The minimum atomic E-state index is -0.286. The molecule has 0 unspecified atom stereocenters. The van der Waals surface area contributed by atoms with Gasteiger partial charge in [-0.15, -0.1) is 0 Å². The molecule has 2 rings (SSSR count). The van der Waals surface area contributed by atoms with Gasteiger partial charge >= 0.3 is 5.00 Å².